The largest absolute Gasteiger partial charge is 0.314 e. The lowest BCUT2D eigenvalue weighted by molar-refractivity contribution is 0.672. The first-order valence-corrected chi connectivity index (χ1v) is 7.22. The molecule has 0 aliphatic heterocycles. The summed E-state index contributed by atoms with van der Waals surface area (Å²) in [7, 11) is 0. The number of hydrogen-bond donors (Lipinski definition) is 1. The number of nitrogens with zero attached hydrogens (tertiary/aromatic N) is 2. The quantitative estimate of drug-likeness (QED) is 0.866. The second-order valence-corrected chi connectivity index (χ2v) is 6.03. The van der Waals surface area contributed by atoms with Crippen molar-refractivity contribution in [2.75, 3.05) is 6.54 Å². The fourth-order valence-corrected chi connectivity index (χ4v) is 2.66. The van der Waals surface area contributed by atoms with E-state index in [0.717, 1.165) is 30.7 Å². The Kier molecular flexibility index (Phi) is 3.10. The van der Waals surface area contributed by atoms with E-state index in [1.807, 2.05) is 0 Å². The molecule has 98 valence electrons. The predicted octanol–water partition coefficient (Wildman–Crippen LogP) is 2.51. The molecule has 1 aromatic heterocycles. The number of aryl methyl sites for hydroxylation is 2. The summed E-state index contributed by atoms with van der Waals surface area (Å²) in [5.74, 6) is 2.49. The van der Waals surface area contributed by atoms with Crippen molar-refractivity contribution in [1.29, 1.82) is 0 Å². The van der Waals surface area contributed by atoms with Gasteiger partial charge in [0, 0.05) is 23.3 Å². The normalized spacial score (nSPS) is 26.4. The van der Waals surface area contributed by atoms with E-state index in [0.29, 0.717) is 5.92 Å². The molecule has 0 bridgehead atoms. The van der Waals surface area contributed by atoms with Gasteiger partial charge < -0.3 is 5.32 Å². The van der Waals surface area contributed by atoms with Crippen LogP contribution in [0.2, 0.25) is 0 Å². The van der Waals surface area contributed by atoms with Gasteiger partial charge in [-0.05, 0) is 57.6 Å². The van der Waals surface area contributed by atoms with E-state index in [2.05, 4.69) is 26.1 Å². The Balaban J connectivity index is 1.68. The molecule has 3 nitrogen and oxygen atoms in total. The molecule has 0 saturated heterocycles. The van der Waals surface area contributed by atoms with Gasteiger partial charge in [0.25, 0.3) is 0 Å². The maximum absolute atomic E-state index is 4.72. The summed E-state index contributed by atoms with van der Waals surface area (Å²) in [5.41, 5.74) is 3.73. The van der Waals surface area contributed by atoms with Crippen molar-refractivity contribution in [2.24, 2.45) is 5.92 Å². The molecular formula is C15H23N3. The van der Waals surface area contributed by atoms with Gasteiger partial charge in [-0.2, -0.15) is 0 Å². The summed E-state index contributed by atoms with van der Waals surface area (Å²) in [6.07, 6.45) is 5.04. The lowest BCUT2D eigenvalue weighted by atomic mass is 10.1. The van der Waals surface area contributed by atoms with Gasteiger partial charge in [0.05, 0.1) is 0 Å². The highest BCUT2D eigenvalue weighted by Gasteiger charge is 2.36. The molecule has 0 spiro atoms. The Morgan fingerprint density at radius 1 is 1.17 bits per heavy atom. The van der Waals surface area contributed by atoms with Gasteiger partial charge in [-0.15, -0.1) is 0 Å². The van der Waals surface area contributed by atoms with Crippen molar-refractivity contribution >= 4 is 0 Å². The third-order valence-electron chi connectivity index (χ3n) is 4.26. The topological polar surface area (TPSA) is 37.8 Å². The molecule has 2 aliphatic rings. The van der Waals surface area contributed by atoms with Gasteiger partial charge >= 0.3 is 0 Å². The highest BCUT2D eigenvalue weighted by atomic mass is 14.9. The lowest BCUT2D eigenvalue weighted by Crippen LogP contribution is -2.20. The molecule has 2 aliphatic carbocycles. The average molecular weight is 245 g/mol. The highest BCUT2D eigenvalue weighted by molar-refractivity contribution is 5.27. The van der Waals surface area contributed by atoms with Crippen LogP contribution in [0.5, 0.6) is 0 Å². The summed E-state index contributed by atoms with van der Waals surface area (Å²) in [4.78, 5) is 9.44. The number of aromatic nitrogens is 2. The second kappa shape index (κ2) is 4.61. The molecule has 1 aromatic rings. The van der Waals surface area contributed by atoms with E-state index >= 15 is 0 Å². The summed E-state index contributed by atoms with van der Waals surface area (Å²) >= 11 is 0. The van der Waals surface area contributed by atoms with E-state index in [-0.39, 0.29) is 0 Å². The highest BCUT2D eigenvalue weighted by Crippen LogP contribution is 2.45. The molecule has 0 aromatic carbocycles. The van der Waals surface area contributed by atoms with Crippen LogP contribution in [0.1, 0.15) is 54.9 Å². The van der Waals surface area contributed by atoms with Crippen LogP contribution in [0, 0.1) is 19.8 Å². The van der Waals surface area contributed by atoms with E-state index < -0.39 is 0 Å². The van der Waals surface area contributed by atoms with Crippen molar-refractivity contribution < 1.29 is 0 Å². The standard InChI is InChI=1S/C15H23N3/c1-9-8-14(9)15-17-10(2)13(11(3)18-15)6-7-16-12-4-5-12/h9,12,14,16H,4-8H2,1-3H3. The van der Waals surface area contributed by atoms with Gasteiger partial charge in [-0.25, -0.2) is 9.97 Å². The summed E-state index contributed by atoms with van der Waals surface area (Å²) in [6, 6.07) is 0.790. The first-order chi connectivity index (χ1) is 8.65. The Labute approximate surface area is 109 Å². The molecule has 0 radical (unpaired) electrons. The van der Waals surface area contributed by atoms with E-state index in [1.165, 1.54) is 36.2 Å². The van der Waals surface area contributed by atoms with Crippen molar-refractivity contribution in [3.63, 3.8) is 0 Å². The van der Waals surface area contributed by atoms with Gasteiger partial charge in [0.15, 0.2) is 0 Å². The van der Waals surface area contributed by atoms with Crippen molar-refractivity contribution in [1.82, 2.24) is 15.3 Å². The van der Waals surface area contributed by atoms with E-state index in [4.69, 9.17) is 9.97 Å². The zero-order valence-corrected chi connectivity index (χ0v) is 11.7. The molecule has 2 unspecified atom stereocenters. The zero-order chi connectivity index (χ0) is 12.7. The van der Waals surface area contributed by atoms with Gasteiger partial charge in [0.2, 0.25) is 0 Å². The molecule has 1 heterocycles. The van der Waals surface area contributed by atoms with E-state index in [1.54, 1.807) is 0 Å². The first kappa shape index (κ1) is 12.1. The van der Waals surface area contributed by atoms with Gasteiger partial charge in [-0.3, -0.25) is 0 Å². The summed E-state index contributed by atoms with van der Waals surface area (Å²) in [5, 5.41) is 3.56. The van der Waals surface area contributed by atoms with Crippen LogP contribution < -0.4 is 5.32 Å². The van der Waals surface area contributed by atoms with Crippen molar-refractivity contribution in [3.8, 4) is 0 Å². The Morgan fingerprint density at radius 3 is 2.28 bits per heavy atom. The molecule has 2 saturated carbocycles. The number of nitrogens with one attached hydrogen (secondary N) is 1. The van der Waals surface area contributed by atoms with Crippen LogP contribution in [0.25, 0.3) is 0 Å². The molecular weight excluding hydrogens is 222 g/mol. The van der Waals surface area contributed by atoms with Crippen LogP contribution in [0.3, 0.4) is 0 Å². The molecule has 1 N–H and O–H groups in total. The lowest BCUT2D eigenvalue weighted by Gasteiger charge is -2.11. The molecule has 3 rings (SSSR count). The maximum atomic E-state index is 4.72. The van der Waals surface area contributed by atoms with Crippen molar-refractivity contribution in [2.45, 2.75) is 58.4 Å². The third kappa shape index (κ3) is 2.56. The monoisotopic (exact) mass is 245 g/mol. The molecule has 0 amide bonds. The van der Waals surface area contributed by atoms with Crippen LogP contribution in [0.4, 0.5) is 0 Å². The molecule has 2 fully saturated rings. The first-order valence-electron chi connectivity index (χ1n) is 7.22. The Bertz CT molecular complexity index is 428. The fourth-order valence-electron chi connectivity index (χ4n) is 2.66. The van der Waals surface area contributed by atoms with Crippen LogP contribution in [-0.4, -0.2) is 22.6 Å². The minimum Gasteiger partial charge on any atom is -0.314 e. The smallest absolute Gasteiger partial charge is 0.132 e. The minimum absolute atomic E-state index is 0.626. The number of rotatable bonds is 5. The molecule has 3 heteroatoms. The Hall–Kier alpha value is -0.960. The minimum atomic E-state index is 0.626. The van der Waals surface area contributed by atoms with Gasteiger partial charge in [0.1, 0.15) is 5.82 Å². The fraction of sp³-hybridized carbons (Fsp3) is 0.733. The Morgan fingerprint density at radius 2 is 1.78 bits per heavy atom. The summed E-state index contributed by atoms with van der Waals surface area (Å²) < 4.78 is 0. The van der Waals surface area contributed by atoms with Crippen LogP contribution >= 0.6 is 0 Å². The third-order valence-corrected chi connectivity index (χ3v) is 4.26. The maximum Gasteiger partial charge on any atom is 0.132 e. The van der Waals surface area contributed by atoms with Crippen LogP contribution in [0.15, 0.2) is 0 Å². The molecule has 2 atom stereocenters. The summed E-state index contributed by atoms with van der Waals surface area (Å²) in [6.45, 7) is 7.62. The second-order valence-electron chi connectivity index (χ2n) is 6.03. The average Bonchev–Trinajstić information content (AvgIpc) is 3.19. The molecule has 18 heavy (non-hydrogen) atoms. The number of hydrogen-bond acceptors (Lipinski definition) is 3. The van der Waals surface area contributed by atoms with Gasteiger partial charge in [-0.1, -0.05) is 6.92 Å². The van der Waals surface area contributed by atoms with E-state index in [9.17, 15) is 0 Å². The van der Waals surface area contributed by atoms with Crippen molar-refractivity contribution in [3.05, 3.63) is 22.8 Å². The van der Waals surface area contributed by atoms with Crippen LogP contribution in [-0.2, 0) is 6.42 Å². The zero-order valence-electron chi connectivity index (χ0n) is 11.7. The predicted molar refractivity (Wildman–Crippen MR) is 72.8 cm³/mol. The SMILES string of the molecule is Cc1nc(C2CC2C)nc(C)c1CCNC1CC1.